The van der Waals surface area contributed by atoms with E-state index in [2.05, 4.69) is 6.58 Å². The Balaban J connectivity index is 3.96. The highest BCUT2D eigenvalue weighted by Gasteiger charge is 2.19. The summed E-state index contributed by atoms with van der Waals surface area (Å²) in [4.78, 5) is 10.6. The Morgan fingerprint density at radius 1 is 1.57 bits per heavy atom. The van der Waals surface area contributed by atoms with Crippen molar-refractivity contribution in [2.45, 2.75) is 26.9 Å². The lowest BCUT2D eigenvalue weighted by molar-refractivity contribution is -0.145. The van der Waals surface area contributed by atoms with Crippen molar-refractivity contribution in [2.24, 2.45) is 5.92 Å². The van der Waals surface area contributed by atoms with Gasteiger partial charge in [0, 0.05) is 0 Å². The van der Waals surface area contributed by atoms with E-state index in [1.165, 1.54) is 0 Å². The topological polar surface area (TPSA) is 46.5 Å². The van der Waals surface area contributed by atoms with Crippen LogP contribution in [0.3, 0.4) is 0 Å². The quantitative estimate of drug-likeness (QED) is 0.666. The van der Waals surface area contributed by atoms with Gasteiger partial charge in [0.25, 0.3) is 0 Å². The third-order valence-electron chi connectivity index (χ3n) is 2.07. The SMILES string of the molecule is C=CC=C(C)COC(C)C(C)C(=O)O. The molecule has 3 nitrogen and oxygen atoms in total. The molecule has 0 aliphatic rings. The molecule has 0 saturated heterocycles. The van der Waals surface area contributed by atoms with Gasteiger partial charge in [0.05, 0.1) is 18.6 Å². The first-order chi connectivity index (χ1) is 6.49. The van der Waals surface area contributed by atoms with E-state index < -0.39 is 11.9 Å². The Kier molecular flexibility index (Phi) is 5.88. The second-order valence-electron chi connectivity index (χ2n) is 3.39. The first-order valence-electron chi connectivity index (χ1n) is 4.61. The first kappa shape index (κ1) is 12.9. The molecule has 0 rings (SSSR count). The maximum Gasteiger partial charge on any atom is 0.308 e. The van der Waals surface area contributed by atoms with Crippen molar-refractivity contribution in [1.82, 2.24) is 0 Å². The molecule has 0 aromatic rings. The number of carboxylic acid groups (broad SMARTS) is 1. The lowest BCUT2D eigenvalue weighted by atomic mass is 10.1. The summed E-state index contributed by atoms with van der Waals surface area (Å²) in [5, 5.41) is 8.71. The minimum Gasteiger partial charge on any atom is -0.481 e. The molecule has 14 heavy (non-hydrogen) atoms. The van der Waals surface area contributed by atoms with Crippen LogP contribution < -0.4 is 0 Å². The van der Waals surface area contributed by atoms with E-state index in [4.69, 9.17) is 9.84 Å². The summed E-state index contributed by atoms with van der Waals surface area (Å²) in [6.07, 6.45) is 3.25. The first-order valence-corrected chi connectivity index (χ1v) is 4.61. The minimum atomic E-state index is -0.831. The largest absolute Gasteiger partial charge is 0.481 e. The molecule has 0 saturated carbocycles. The Bertz CT molecular complexity index is 231. The molecule has 0 heterocycles. The van der Waals surface area contributed by atoms with Crippen LogP contribution in [-0.2, 0) is 9.53 Å². The van der Waals surface area contributed by atoms with E-state index in [1.807, 2.05) is 13.0 Å². The number of hydrogen-bond donors (Lipinski definition) is 1. The molecular formula is C11H18O3. The fourth-order valence-corrected chi connectivity index (χ4v) is 0.857. The molecule has 1 N–H and O–H groups in total. The molecular weight excluding hydrogens is 180 g/mol. The van der Waals surface area contributed by atoms with Crippen LogP contribution >= 0.6 is 0 Å². The molecule has 3 heteroatoms. The van der Waals surface area contributed by atoms with Crippen LogP contribution in [0.1, 0.15) is 20.8 Å². The van der Waals surface area contributed by atoms with E-state index in [0.717, 1.165) is 5.57 Å². The molecule has 0 aliphatic carbocycles. The monoisotopic (exact) mass is 198 g/mol. The minimum absolute atomic E-state index is 0.277. The van der Waals surface area contributed by atoms with Crippen LogP contribution in [0.2, 0.25) is 0 Å². The van der Waals surface area contributed by atoms with Gasteiger partial charge in [-0.1, -0.05) is 18.7 Å². The molecule has 0 spiro atoms. The highest BCUT2D eigenvalue weighted by atomic mass is 16.5. The molecule has 0 amide bonds. The summed E-state index contributed by atoms with van der Waals surface area (Å²) in [6.45, 7) is 9.33. The highest BCUT2D eigenvalue weighted by molar-refractivity contribution is 5.70. The van der Waals surface area contributed by atoms with E-state index in [1.54, 1.807) is 19.9 Å². The predicted molar refractivity (Wildman–Crippen MR) is 56.2 cm³/mol. The van der Waals surface area contributed by atoms with Crippen molar-refractivity contribution in [1.29, 1.82) is 0 Å². The van der Waals surface area contributed by atoms with Gasteiger partial charge < -0.3 is 9.84 Å². The van der Waals surface area contributed by atoms with Gasteiger partial charge in [-0.2, -0.15) is 0 Å². The van der Waals surface area contributed by atoms with Crippen LogP contribution in [-0.4, -0.2) is 23.8 Å². The van der Waals surface area contributed by atoms with Crippen LogP contribution in [0, 0.1) is 5.92 Å². The van der Waals surface area contributed by atoms with Crippen molar-refractivity contribution in [3.05, 3.63) is 24.3 Å². The number of ether oxygens (including phenoxy) is 1. The highest BCUT2D eigenvalue weighted by Crippen LogP contribution is 2.08. The van der Waals surface area contributed by atoms with Gasteiger partial charge in [0.1, 0.15) is 0 Å². The van der Waals surface area contributed by atoms with E-state index in [9.17, 15) is 4.79 Å². The number of hydrogen-bond acceptors (Lipinski definition) is 2. The zero-order chi connectivity index (χ0) is 11.1. The summed E-state index contributed by atoms with van der Waals surface area (Å²) in [5.74, 6) is -1.31. The number of carbonyl (C=O) groups is 1. The van der Waals surface area contributed by atoms with E-state index in [-0.39, 0.29) is 6.10 Å². The van der Waals surface area contributed by atoms with Gasteiger partial charge >= 0.3 is 5.97 Å². The Hall–Kier alpha value is -1.09. The maximum atomic E-state index is 10.6. The summed E-state index contributed by atoms with van der Waals surface area (Å²) in [6, 6.07) is 0. The Morgan fingerprint density at radius 3 is 2.57 bits per heavy atom. The van der Waals surface area contributed by atoms with Crippen LogP contribution in [0.5, 0.6) is 0 Å². The van der Waals surface area contributed by atoms with Crippen LogP contribution in [0.25, 0.3) is 0 Å². The molecule has 0 aromatic heterocycles. The summed E-state index contributed by atoms with van der Waals surface area (Å²) in [7, 11) is 0. The number of rotatable bonds is 6. The van der Waals surface area contributed by atoms with Gasteiger partial charge in [0.15, 0.2) is 0 Å². The Labute approximate surface area is 85.1 Å². The van der Waals surface area contributed by atoms with Gasteiger partial charge in [-0.25, -0.2) is 0 Å². The van der Waals surface area contributed by atoms with Gasteiger partial charge in [-0.15, -0.1) is 0 Å². The zero-order valence-corrected chi connectivity index (χ0v) is 8.99. The van der Waals surface area contributed by atoms with Crippen LogP contribution in [0.15, 0.2) is 24.3 Å². The number of carboxylic acids is 1. The fourth-order valence-electron chi connectivity index (χ4n) is 0.857. The molecule has 2 atom stereocenters. The maximum absolute atomic E-state index is 10.6. The van der Waals surface area contributed by atoms with E-state index in [0.29, 0.717) is 6.61 Å². The lowest BCUT2D eigenvalue weighted by Crippen LogP contribution is -2.26. The summed E-state index contributed by atoms with van der Waals surface area (Å²) >= 11 is 0. The lowest BCUT2D eigenvalue weighted by Gasteiger charge is -2.16. The third kappa shape index (κ3) is 4.82. The Morgan fingerprint density at radius 2 is 2.14 bits per heavy atom. The molecule has 2 unspecified atom stereocenters. The normalized spacial score (nSPS) is 16.1. The second kappa shape index (κ2) is 6.38. The smallest absolute Gasteiger partial charge is 0.308 e. The third-order valence-corrected chi connectivity index (χ3v) is 2.07. The van der Waals surface area contributed by atoms with Crippen molar-refractivity contribution >= 4 is 5.97 Å². The number of aliphatic carboxylic acids is 1. The van der Waals surface area contributed by atoms with Gasteiger partial charge in [-0.05, 0) is 26.3 Å². The summed E-state index contributed by atoms with van der Waals surface area (Å²) < 4.78 is 5.38. The van der Waals surface area contributed by atoms with Gasteiger partial charge in [-0.3, -0.25) is 4.79 Å². The van der Waals surface area contributed by atoms with Crippen LogP contribution in [0.4, 0.5) is 0 Å². The molecule has 0 aromatic carbocycles. The summed E-state index contributed by atoms with van der Waals surface area (Å²) in [5.41, 5.74) is 1.03. The molecule has 0 bridgehead atoms. The molecule has 80 valence electrons. The van der Waals surface area contributed by atoms with E-state index >= 15 is 0 Å². The fraction of sp³-hybridized carbons (Fsp3) is 0.545. The second-order valence-corrected chi connectivity index (χ2v) is 3.39. The average Bonchev–Trinajstić information content (AvgIpc) is 2.13. The van der Waals surface area contributed by atoms with Crippen molar-refractivity contribution in [2.75, 3.05) is 6.61 Å². The van der Waals surface area contributed by atoms with Crippen molar-refractivity contribution in [3.8, 4) is 0 Å². The number of allylic oxidation sites excluding steroid dienone is 2. The molecule has 0 aliphatic heterocycles. The average molecular weight is 198 g/mol. The molecule has 0 fully saturated rings. The molecule has 0 radical (unpaired) electrons. The van der Waals surface area contributed by atoms with Crippen molar-refractivity contribution < 1.29 is 14.6 Å². The standard InChI is InChI=1S/C11H18O3/c1-5-6-8(2)7-14-10(4)9(3)11(12)13/h5-6,9-10H,1,7H2,2-4H3,(H,12,13). The van der Waals surface area contributed by atoms with Gasteiger partial charge in [0.2, 0.25) is 0 Å². The zero-order valence-electron chi connectivity index (χ0n) is 8.99. The predicted octanol–water partition coefficient (Wildman–Crippen LogP) is 2.24. The van der Waals surface area contributed by atoms with Crippen molar-refractivity contribution in [3.63, 3.8) is 0 Å².